The van der Waals surface area contributed by atoms with Crippen LogP contribution in [0.2, 0.25) is 0 Å². The Kier molecular flexibility index (Phi) is 0.757. The second-order valence-electron chi connectivity index (χ2n) is 3.29. The van der Waals surface area contributed by atoms with Gasteiger partial charge in [0.25, 0.3) is 0 Å². The second-order valence-corrected chi connectivity index (χ2v) is 3.29. The Hall–Kier alpha value is -0.160. The van der Waals surface area contributed by atoms with Crippen molar-refractivity contribution in [1.29, 1.82) is 0 Å². The van der Waals surface area contributed by atoms with Gasteiger partial charge in [0, 0.05) is 0 Å². The number of hydrogen-bond acceptors (Lipinski definition) is 4. The van der Waals surface area contributed by atoms with E-state index in [1.54, 1.807) is 0 Å². The molecule has 0 amide bonds. The van der Waals surface area contributed by atoms with Gasteiger partial charge in [-0.3, -0.25) is 0 Å². The Morgan fingerprint density at radius 1 is 0.700 bits per heavy atom. The van der Waals surface area contributed by atoms with Crippen LogP contribution in [-0.2, 0) is 9.47 Å². The zero-order valence-corrected chi connectivity index (χ0v) is 5.44. The van der Waals surface area contributed by atoms with Crippen LogP contribution in [0.25, 0.3) is 0 Å². The maximum Gasteiger partial charge on any atom is 0.115 e. The summed E-state index contributed by atoms with van der Waals surface area (Å²) in [6, 6.07) is -0.0116. The fourth-order valence-corrected chi connectivity index (χ4v) is 2.06. The Labute approximate surface area is 58.5 Å². The molecule has 3 heterocycles. The normalized spacial score (nSPS) is 70.2. The molecule has 0 spiro atoms. The molecule has 2 bridgehead atoms. The molecule has 6 atom stereocenters. The SMILES string of the molecule is N[C@H]1[C@H](N)[C@@H]2O[C@H]1[C@H]1O[C@H]12. The highest BCUT2D eigenvalue weighted by Crippen LogP contribution is 2.46. The van der Waals surface area contributed by atoms with Crippen LogP contribution < -0.4 is 11.5 Å². The number of ether oxygens (including phenoxy) is 2. The van der Waals surface area contributed by atoms with E-state index < -0.39 is 0 Å². The average molecular weight is 142 g/mol. The third-order valence-corrected chi connectivity index (χ3v) is 2.73. The number of fused-ring (bicyclic) bond motifs is 5. The van der Waals surface area contributed by atoms with Gasteiger partial charge in [0.1, 0.15) is 24.4 Å². The molecule has 3 fully saturated rings. The van der Waals surface area contributed by atoms with Gasteiger partial charge in [0.2, 0.25) is 0 Å². The number of epoxide rings is 1. The molecule has 3 aliphatic heterocycles. The maximum absolute atomic E-state index is 5.75. The lowest BCUT2D eigenvalue weighted by atomic mass is 9.92. The minimum atomic E-state index is -0.00579. The van der Waals surface area contributed by atoms with Crippen LogP contribution in [0.1, 0.15) is 0 Å². The lowest BCUT2D eigenvalue weighted by Gasteiger charge is -2.16. The topological polar surface area (TPSA) is 73.8 Å². The minimum Gasteiger partial charge on any atom is -0.366 e. The van der Waals surface area contributed by atoms with Gasteiger partial charge in [-0.25, -0.2) is 0 Å². The van der Waals surface area contributed by atoms with Crippen LogP contribution in [0, 0.1) is 0 Å². The van der Waals surface area contributed by atoms with Crippen LogP contribution in [-0.4, -0.2) is 36.5 Å². The Balaban J connectivity index is 1.96. The van der Waals surface area contributed by atoms with Crippen LogP contribution >= 0.6 is 0 Å². The Bertz CT molecular complexity index is 169. The van der Waals surface area contributed by atoms with Gasteiger partial charge in [-0.2, -0.15) is 0 Å². The van der Waals surface area contributed by atoms with Crippen LogP contribution in [0.3, 0.4) is 0 Å². The number of nitrogens with two attached hydrogens (primary N) is 2. The van der Waals surface area contributed by atoms with Crippen molar-refractivity contribution in [2.75, 3.05) is 0 Å². The molecule has 0 aromatic rings. The summed E-state index contributed by atoms with van der Waals surface area (Å²) >= 11 is 0. The smallest absolute Gasteiger partial charge is 0.115 e. The van der Waals surface area contributed by atoms with Crippen LogP contribution in [0.15, 0.2) is 0 Å². The lowest BCUT2D eigenvalue weighted by molar-refractivity contribution is 0.0156. The molecule has 4 N–H and O–H groups in total. The Morgan fingerprint density at radius 3 is 1.50 bits per heavy atom. The summed E-state index contributed by atoms with van der Waals surface area (Å²) in [5.74, 6) is 0. The quantitative estimate of drug-likeness (QED) is 0.391. The van der Waals surface area contributed by atoms with Crippen molar-refractivity contribution in [1.82, 2.24) is 0 Å². The van der Waals surface area contributed by atoms with E-state index in [1.165, 1.54) is 0 Å². The highest BCUT2D eigenvalue weighted by molar-refractivity contribution is 5.18. The highest BCUT2D eigenvalue weighted by Gasteiger charge is 2.67. The van der Waals surface area contributed by atoms with Gasteiger partial charge in [-0.15, -0.1) is 0 Å². The number of hydrogen-bond donors (Lipinski definition) is 2. The summed E-state index contributed by atoms with van der Waals surface area (Å²) in [5, 5.41) is 0. The summed E-state index contributed by atoms with van der Waals surface area (Å²) < 4.78 is 10.8. The summed E-state index contributed by atoms with van der Waals surface area (Å²) in [6.07, 6.45) is 0.731. The molecule has 0 aliphatic carbocycles. The molecule has 3 aliphatic rings. The molecular formula is C6H10N2O2. The summed E-state index contributed by atoms with van der Waals surface area (Å²) in [5.41, 5.74) is 11.5. The van der Waals surface area contributed by atoms with Crippen molar-refractivity contribution in [3.05, 3.63) is 0 Å². The molecule has 0 aromatic carbocycles. The van der Waals surface area contributed by atoms with E-state index in [4.69, 9.17) is 20.9 Å². The van der Waals surface area contributed by atoms with Gasteiger partial charge >= 0.3 is 0 Å². The van der Waals surface area contributed by atoms with E-state index in [-0.39, 0.29) is 36.5 Å². The molecule has 10 heavy (non-hydrogen) atoms. The van der Waals surface area contributed by atoms with Gasteiger partial charge in [-0.05, 0) is 0 Å². The third kappa shape index (κ3) is 0.412. The fourth-order valence-electron chi connectivity index (χ4n) is 2.06. The second kappa shape index (κ2) is 1.38. The first-order valence-electron chi connectivity index (χ1n) is 3.61. The molecular weight excluding hydrogens is 132 g/mol. The minimum absolute atomic E-state index is 0.00579. The molecule has 4 nitrogen and oxygen atoms in total. The zero-order valence-electron chi connectivity index (χ0n) is 5.44. The van der Waals surface area contributed by atoms with Crippen molar-refractivity contribution in [3.63, 3.8) is 0 Å². The third-order valence-electron chi connectivity index (χ3n) is 2.73. The van der Waals surface area contributed by atoms with Crippen molar-refractivity contribution in [2.45, 2.75) is 36.5 Å². The van der Waals surface area contributed by atoms with Crippen molar-refractivity contribution >= 4 is 0 Å². The van der Waals surface area contributed by atoms with Crippen molar-refractivity contribution in [3.8, 4) is 0 Å². The average Bonchev–Trinajstić information content (AvgIpc) is 2.57. The van der Waals surface area contributed by atoms with E-state index in [0.29, 0.717) is 0 Å². The van der Waals surface area contributed by atoms with E-state index in [0.717, 1.165) is 0 Å². The molecule has 0 radical (unpaired) electrons. The fraction of sp³-hybridized carbons (Fsp3) is 1.00. The zero-order chi connectivity index (χ0) is 6.88. The van der Waals surface area contributed by atoms with E-state index in [1.807, 2.05) is 0 Å². The van der Waals surface area contributed by atoms with Crippen molar-refractivity contribution < 1.29 is 9.47 Å². The van der Waals surface area contributed by atoms with Gasteiger partial charge in [0.15, 0.2) is 0 Å². The van der Waals surface area contributed by atoms with E-state index >= 15 is 0 Å². The van der Waals surface area contributed by atoms with Gasteiger partial charge < -0.3 is 20.9 Å². The van der Waals surface area contributed by atoms with Gasteiger partial charge in [-0.1, -0.05) is 0 Å². The molecule has 0 unspecified atom stereocenters. The van der Waals surface area contributed by atoms with Crippen molar-refractivity contribution in [2.24, 2.45) is 11.5 Å². The largest absolute Gasteiger partial charge is 0.366 e. The summed E-state index contributed by atoms with van der Waals surface area (Å²) in [7, 11) is 0. The number of rotatable bonds is 0. The first-order chi connectivity index (χ1) is 4.79. The highest BCUT2D eigenvalue weighted by atomic mass is 16.7. The molecule has 0 saturated carbocycles. The van der Waals surface area contributed by atoms with Crippen LogP contribution in [0.5, 0.6) is 0 Å². The predicted molar refractivity (Wildman–Crippen MR) is 33.3 cm³/mol. The van der Waals surface area contributed by atoms with Gasteiger partial charge in [0.05, 0.1) is 12.1 Å². The maximum atomic E-state index is 5.75. The molecule has 3 rings (SSSR count). The first-order valence-corrected chi connectivity index (χ1v) is 3.61. The summed E-state index contributed by atoms with van der Waals surface area (Å²) in [6.45, 7) is 0. The first kappa shape index (κ1) is 5.49. The van der Waals surface area contributed by atoms with E-state index in [2.05, 4.69) is 0 Å². The predicted octanol–water partition coefficient (Wildman–Crippen LogP) is -1.81. The molecule has 56 valence electrons. The standard InChI is InChI=1S/C6H10N2O2/c7-1-2(8)4-6-5(10-6)3(1)9-4/h1-6H,7-8H2/t1-,2-,3-,4+,5-,6+/m0/s1. The summed E-state index contributed by atoms with van der Waals surface area (Å²) in [4.78, 5) is 0. The lowest BCUT2D eigenvalue weighted by Crippen LogP contribution is -2.52. The molecule has 3 saturated heterocycles. The Morgan fingerprint density at radius 2 is 1.10 bits per heavy atom. The molecule has 4 heteroatoms. The monoisotopic (exact) mass is 142 g/mol. The van der Waals surface area contributed by atoms with E-state index in [9.17, 15) is 0 Å². The van der Waals surface area contributed by atoms with Crippen LogP contribution in [0.4, 0.5) is 0 Å². The molecule has 0 aromatic heterocycles.